The third kappa shape index (κ3) is 5.29. The zero-order valence-electron chi connectivity index (χ0n) is 21.3. The highest BCUT2D eigenvalue weighted by Crippen LogP contribution is 2.30. The summed E-state index contributed by atoms with van der Waals surface area (Å²) in [5.41, 5.74) is 6.81. The summed E-state index contributed by atoms with van der Waals surface area (Å²) in [4.78, 5) is 18.8. The molecule has 0 radical (unpaired) electrons. The normalized spacial score (nSPS) is 15.0. The summed E-state index contributed by atoms with van der Waals surface area (Å²) >= 11 is 0. The average Bonchev–Trinajstić information content (AvgIpc) is 3.61. The molecule has 5 rings (SSSR count). The molecule has 3 heterocycles. The lowest BCUT2D eigenvalue weighted by atomic mass is 10.0. The third-order valence-electron chi connectivity index (χ3n) is 6.25. The van der Waals surface area contributed by atoms with E-state index >= 15 is 0 Å². The quantitative estimate of drug-likeness (QED) is 0.218. The molecule has 4 aromatic rings. The van der Waals surface area contributed by atoms with Crippen LogP contribution in [0, 0.1) is 6.92 Å². The number of imidazole rings is 1. The molecule has 1 aliphatic rings. The standard InChI is InChI=1S/C29H31N7O/c1-5-23(29(30-6-2)34-20-9-10-20)28-24(19(4)37)12-14-27(35-28)36-17-32-25-15-21(11-13-26(25)36)33-22-8-7-18(3)31-16-22/h5-8,11-17,19-20,33,37H,2,9-10H2,1,3-4H3,(H,30,34)/b23-5-. The number of rotatable bonds is 8. The van der Waals surface area contributed by atoms with E-state index in [9.17, 15) is 5.11 Å². The van der Waals surface area contributed by atoms with Crippen molar-refractivity contribution in [3.63, 3.8) is 0 Å². The van der Waals surface area contributed by atoms with Crippen molar-refractivity contribution in [2.24, 2.45) is 4.99 Å². The van der Waals surface area contributed by atoms with Crippen LogP contribution >= 0.6 is 0 Å². The van der Waals surface area contributed by atoms with Crippen LogP contribution in [0.15, 0.2) is 78.8 Å². The van der Waals surface area contributed by atoms with Crippen LogP contribution in [0.4, 0.5) is 11.4 Å². The van der Waals surface area contributed by atoms with Crippen LogP contribution in [0.25, 0.3) is 22.4 Å². The van der Waals surface area contributed by atoms with Crippen LogP contribution in [0.2, 0.25) is 0 Å². The smallest absolute Gasteiger partial charge is 0.139 e. The Morgan fingerprint density at radius 1 is 1.16 bits per heavy atom. The topological polar surface area (TPSA) is 100 Å². The van der Waals surface area contributed by atoms with Crippen LogP contribution in [0.1, 0.15) is 49.7 Å². The molecule has 3 aromatic heterocycles. The van der Waals surface area contributed by atoms with E-state index in [0.29, 0.717) is 23.4 Å². The molecular formula is C29H31N7O. The second-order valence-electron chi connectivity index (χ2n) is 9.17. The van der Waals surface area contributed by atoms with Crippen molar-refractivity contribution in [3.05, 3.63) is 90.8 Å². The van der Waals surface area contributed by atoms with Crippen LogP contribution in [0.5, 0.6) is 0 Å². The van der Waals surface area contributed by atoms with Crippen LogP contribution in [-0.2, 0) is 0 Å². The summed E-state index contributed by atoms with van der Waals surface area (Å²) in [6.45, 7) is 9.48. The number of allylic oxidation sites excluding steroid dienone is 1. The fourth-order valence-corrected chi connectivity index (χ4v) is 4.18. The Kier molecular flexibility index (Phi) is 6.83. The Hall–Kier alpha value is -4.30. The maximum absolute atomic E-state index is 10.5. The summed E-state index contributed by atoms with van der Waals surface area (Å²) in [5, 5.41) is 17.1. The molecule has 3 N–H and O–H groups in total. The fraction of sp³-hybridized carbons (Fsp3) is 0.241. The summed E-state index contributed by atoms with van der Waals surface area (Å²) in [6.07, 6.45) is 8.64. The van der Waals surface area contributed by atoms with E-state index in [2.05, 4.69) is 27.2 Å². The van der Waals surface area contributed by atoms with Gasteiger partial charge in [-0.05, 0) is 76.2 Å². The Morgan fingerprint density at radius 3 is 2.65 bits per heavy atom. The zero-order valence-corrected chi connectivity index (χ0v) is 21.3. The van der Waals surface area contributed by atoms with Crippen LogP contribution < -0.4 is 10.6 Å². The average molecular weight is 494 g/mol. The monoisotopic (exact) mass is 493 g/mol. The molecule has 0 amide bonds. The summed E-state index contributed by atoms with van der Waals surface area (Å²) < 4.78 is 1.95. The molecule has 8 heteroatoms. The van der Waals surface area contributed by atoms with Crippen LogP contribution in [0.3, 0.4) is 0 Å². The van der Waals surface area contributed by atoms with Gasteiger partial charge in [0.1, 0.15) is 18.0 Å². The molecule has 37 heavy (non-hydrogen) atoms. The van der Waals surface area contributed by atoms with Gasteiger partial charge in [-0.25, -0.2) is 9.97 Å². The van der Waals surface area contributed by atoms with Crippen molar-refractivity contribution in [1.82, 2.24) is 24.8 Å². The number of anilines is 2. The molecule has 0 aliphatic heterocycles. The van der Waals surface area contributed by atoms with E-state index in [1.807, 2.05) is 73.2 Å². The molecule has 1 aromatic carbocycles. The number of aliphatic hydroxyl groups excluding tert-OH is 1. The first-order valence-corrected chi connectivity index (χ1v) is 12.4. The minimum absolute atomic E-state index is 0.312. The number of pyridine rings is 2. The summed E-state index contributed by atoms with van der Waals surface area (Å²) in [7, 11) is 0. The summed E-state index contributed by atoms with van der Waals surface area (Å²) in [5.74, 6) is 1.41. The second kappa shape index (κ2) is 10.4. The number of nitrogens with zero attached hydrogens (tertiary/aromatic N) is 5. The van der Waals surface area contributed by atoms with Gasteiger partial charge in [-0.15, -0.1) is 0 Å². The molecule has 1 saturated carbocycles. The third-order valence-corrected chi connectivity index (χ3v) is 6.25. The lowest BCUT2D eigenvalue weighted by Gasteiger charge is -2.17. The SMILES string of the molecule is C=CNC(=NC1CC1)/C(=C\C)c1nc(-n2cnc3cc(Nc4ccc(C)nc4)ccc32)ccc1C(C)O. The van der Waals surface area contributed by atoms with E-state index in [0.717, 1.165) is 52.1 Å². The minimum atomic E-state index is -0.693. The second-order valence-corrected chi connectivity index (χ2v) is 9.17. The molecule has 1 atom stereocenters. The van der Waals surface area contributed by atoms with Crippen molar-refractivity contribution in [3.8, 4) is 5.82 Å². The van der Waals surface area contributed by atoms with E-state index in [-0.39, 0.29) is 0 Å². The Morgan fingerprint density at radius 2 is 1.97 bits per heavy atom. The highest BCUT2D eigenvalue weighted by molar-refractivity contribution is 6.23. The van der Waals surface area contributed by atoms with Gasteiger partial charge < -0.3 is 15.7 Å². The highest BCUT2D eigenvalue weighted by atomic mass is 16.3. The van der Waals surface area contributed by atoms with Crippen molar-refractivity contribution >= 4 is 33.8 Å². The predicted molar refractivity (Wildman–Crippen MR) is 149 cm³/mol. The Labute approximate surface area is 216 Å². The number of aryl methyl sites for hydroxylation is 1. The number of aliphatic imine (C=N–C) groups is 1. The predicted octanol–water partition coefficient (Wildman–Crippen LogP) is 5.62. The number of fused-ring (bicyclic) bond motifs is 1. The summed E-state index contributed by atoms with van der Waals surface area (Å²) in [6, 6.07) is 14.1. The maximum Gasteiger partial charge on any atom is 0.139 e. The molecule has 0 saturated heterocycles. The van der Waals surface area contributed by atoms with E-state index < -0.39 is 6.10 Å². The van der Waals surface area contributed by atoms with Crippen molar-refractivity contribution < 1.29 is 5.11 Å². The number of benzene rings is 1. The van der Waals surface area contributed by atoms with Crippen LogP contribution in [-0.4, -0.2) is 36.5 Å². The number of hydrogen-bond acceptors (Lipinski definition) is 6. The first-order valence-electron chi connectivity index (χ1n) is 12.4. The van der Waals surface area contributed by atoms with Gasteiger partial charge in [-0.2, -0.15) is 0 Å². The lowest BCUT2D eigenvalue weighted by Crippen LogP contribution is -2.21. The minimum Gasteiger partial charge on any atom is -0.389 e. The number of nitrogens with one attached hydrogen (secondary N) is 2. The molecule has 1 aliphatic carbocycles. The van der Waals surface area contributed by atoms with Gasteiger partial charge in [-0.3, -0.25) is 14.5 Å². The fourth-order valence-electron chi connectivity index (χ4n) is 4.18. The van der Waals surface area contributed by atoms with E-state index in [4.69, 9.17) is 9.98 Å². The molecule has 188 valence electrons. The highest BCUT2D eigenvalue weighted by Gasteiger charge is 2.24. The van der Waals surface area contributed by atoms with Crippen molar-refractivity contribution in [2.75, 3.05) is 5.32 Å². The largest absolute Gasteiger partial charge is 0.389 e. The van der Waals surface area contributed by atoms with Gasteiger partial charge in [0.15, 0.2) is 0 Å². The van der Waals surface area contributed by atoms with E-state index in [1.54, 1.807) is 19.5 Å². The Bertz CT molecular complexity index is 1490. The van der Waals surface area contributed by atoms with Crippen molar-refractivity contribution in [2.45, 2.75) is 45.8 Å². The van der Waals surface area contributed by atoms with Crippen molar-refractivity contribution in [1.29, 1.82) is 0 Å². The molecular weight excluding hydrogens is 462 g/mol. The van der Waals surface area contributed by atoms with Gasteiger partial charge in [0.2, 0.25) is 0 Å². The van der Waals surface area contributed by atoms with E-state index in [1.165, 1.54) is 0 Å². The molecule has 0 bridgehead atoms. The van der Waals surface area contributed by atoms with Gasteiger partial charge in [0, 0.05) is 22.5 Å². The number of aromatic nitrogens is 4. The van der Waals surface area contributed by atoms with Gasteiger partial charge >= 0.3 is 0 Å². The number of hydrogen-bond donors (Lipinski definition) is 3. The van der Waals surface area contributed by atoms with Gasteiger partial charge in [0.05, 0.1) is 40.8 Å². The number of aliphatic hydroxyl groups is 1. The molecule has 0 spiro atoms. The zero-order chi connectivity index (χ0) is 25.9. The van der Waals surface area contributed by atoms with Gasteiger partial charge in [-0.1, -0.05) is 18.7 Å². The number of amidine groups is 1. The Balaban J connectivity index is 1.53. The molecule has 8 nitrogen and oxygen atoms in total. The first kappa shape index (κ1) is 24.4. The van der Waals surface area contributed by atoms with Gasteiger partial charge in [0.25, 0.3) is 0 Å². The lowest BCUT2D eigenvalue weighted by molar-refractivity contribution is 0.198. The molecule has 1 unspecified atom stereocenters. The first-order chi connectivity index (χ1) is 18.0. The maximum atomic E-state index is 10.5. The molecule has 1 fully saturated rings.